The Hall–Kier alpha value is -1.58. The number of carboxylic acids is 1. The summed E-state index contributed by atoms with van der Waals surface area (Å²) < 4.78 is 4.93. The summed E-state index contributed by atoms with van der Waals surface area (Å²) in [6, 6.07) is -1.13. The number of carboxylic acid groups (broad SMARTS) is 1. The van der Waals surface area contributed by atoms with Crippen LogP contribution >= 0.6 is 0 Å². The van der Waals surface area contributed by atoms with Gasteiger partial charge in [0.2, 0.25) is 0 Å². The van der Waals surface area contributed by atoms with E-state index in [-0.39, 0.29) is 13.0 Å². The van der Waals surface area contributed by atoms with E-state index < -0.39 is 24.0 Å². The fourth-order valence-electron chi connectivity index (χ4n) is 1.13. The van der Waals surface area contributed by atoms with Crippen LogP contribution in [-0.2, 0) is 14.3 Å². The molecule has 0 rings (SSSR count). The summed E-state index contributed by atoms with van der Waals surface area (Å²) >= 11 is 0. The van der Waals surface area contributed by atoms with Gasteiger partial charge in [0.05, 0.1) is 13.0 Å². The van der Waals surface area contributed by atoms with E-state index in [0.29, 0.717) is 19.3 Å². The van der Waals surface area contributed by atoms with E-state index in [1.165, 1.54) is 0 Å². The molecule has 6 nitrogen and oxygen atoms in total. The Bertz CT molecular complexity index is 298. The highest BCUT2D eigenvalue weighted by atomic mass is 16.5. The lowest BCUT2D eigenvalue weighted by Crippen LogP contribution is -2.65. The number of aliphatic carboxylic acids is 1. The van der Waals surface area contributed by atoms with Gasteiger partial charge in [0.25, 0.3) is 0 Å². The monoisotopic (exact) mass is 244 g/mol. The average molecular weight is 244 g/mol. The third-order valence-electron chi connectivity index (χ3n) is 2.24. The maximum absolute atomic E-state index is 11.3. The minimum atomic E-state index is -0.908. The molecule has 0 aliphatic carbocycles. The van der Waals surface area contributed by atoms with Gasteiger partial charge in [-0.3, -0.25) is 0 Å². The number of ether oxygens (including phenoxy) is 1. The molecule has 0 aromatic rings. The van der Waals surface area contributed by atoms with Crippen LogP contribution in [0.2, 0.25) is 0 Å². The normalized spacial score (nSPS) is 13.5. The van der Waals surface area contributed by atoms with E-state index in [0.717, 1.165) is 0 Å². The van der Waals surface area contributed by atoms with Gasteiger partial charge in [-0.05, 0) is 12.8 Å². The predicted molar refractivity (Wildman–Crippen MR) is 59.2 cm³/mol. The molecule has 0 amide bonds. The van der Waals surface area contributed by atoms with Gasteiger partial charge in [-0.15, -0.1) is 6.42 Å². The number of rotatable bonds is 8. The van der Waals surface area contributed by atoms with Gasteiger partial charge in [-0.25, -0.2) is 9.59 Å². The summed E-state index contributed by atoms with van der Waals surface area (Å²) in [6.07, 6.45) is 7.06. The Morgan fingerprint density at radius 1 is 1.29 bits per heavy atom. The molecule has 0 saturated carbocycles. The molecule has 0 aliphatic heterocycles. The second-order valence-corrected chi connectivity index (χ2v) is 3.80. The number of unbranched alkanes of at least 4 members (excludes halogenated alkanes) is 1. The van der Waals surface area contributed by atoms with E-state index in [9.17, 15) is 9.59 Å². The highest BCUT2D eigenvalue weighted by Crippen LogP contribution is 1.99. The molecule has 0 unspecified atom stereocenters. The van der Waals surface area contributed by atoms with Crippen LogP contribution in [0.1, 0.15) is 25.7 Å². The SMILES string of the molecule is C#CC[C@H]([NH3+])C(=O)OCCCC[C@H]([NH3+])C(=O)O. The maximum Gasteiger partial charge on any atom is 0.365 e. The van der Waals surface area contributed by atoms with Crippen molar-refractivity contribution in [3.8, 4) is 12.3 Å². The van der Waals surface area contributed by atoms with Crippen molar-refractivity contribution in [2.75, 3.05) is 6.61 Å². The molecule has 0 heterocycles. The quantitative estimate of drug-likeness (QED) is 0.260. The lowest BCUT2D eigenvalue weighted by molar-refractivity contribution is -0.409. The zero-order chi connectivity index (χ0) is 13.3. The van der Waals surface area contributed by atoms with Gasteiger partial charge in [0.15, 0.2) is 12.1 Å². The molecule has 96 valence electrons. The van der Waals surface area contributed by atoms with Crippen molar-refractivity contribution in [1.82, 2.24) is 0 Å². The predicted octanol–water partition coefficient (Wildman–Crippen LogP) is -1.97. The molecule has 0 aliphatic rings. The van der Waals surface area contributed by atoms with Gasteiger partial charge < -0.3 is 21.3 Å². The van der Waals surface area contributed by atoms with Crippen LogP contribution < -0.4 is 11.5 Å². The summed E-state index contributed by atoms with van der Waals surface area (Å²) in [7, 11) is 0. The van der Waals surface area contributed by atoms with Crippen molar-refractivity contribution in [3.05, 3.63) is 0 Å². The molecule has 0 aromatic carbocycles. The lowest BCUT2D eigenvalue weighted by Gasteiger charge is -2.07. The molecule has 0 spiro atoms. The van der Waals surface area contributed by atoms with Crippen molar-refractivity contribution < 1.29 is 30.9 Å². The van der Waals surface area contributed by atoms with Crippen LogP contribution in [0.3, 0.4) is 0 Å². The average Bonchev–Trinajstić information content (AvgIpc) is 2.28. The van der Waals surface area contributed by atoms with Crippen LogP contribution in [0.15, 0.2) is 0 Å². The van der Waals surface area contributed by atoms with Gasteiger partial charge in [0.1, 0.15) is 0 Å². The van der Waals surface area contributed by atoms with E-state index in [2.05, 4.69) is 17.4 Å². The van der Waals surface area contributed by atoms with Crippen molar-refractivity contribution in [1.29, 1.82) is 0 Å². The molecule has 0 bridgehead atoms. The Kier molecular flexibility index (Phi) is 7.76. The molecule has 0 aromatic heterocycles. The zero-order valence-corrected chi connectivity index (χ0v) is 9.85. The van der Waals surface area contributed by atoms with Gasteiger partial charge in [-0.1, -0.05) is 5.92 Å². The highest BCUT2D eigenvalue weighted by molar-refractivity contribution is 5.74. The molecule has 2 atom stereocenters. The number of hydrogen-bond acceptors (Lipinski definition) is 3. The van der Waals surface area contributed by atoms with Gasteiger partial charge >= 0.3 is 11.9 Å². The minimum Gasteiger partial charge on any atom is -0.477 e. The number of hydrogen-bond donors (Lipinski definition) is 3. The third-order valence-corrected chi connectivity index (χ3v) is 2.24. The topological polar surface area (TPSA) is 119 Å². The van der Waals surface area contributed by atoms with E-state index >= 15 is 0 Å². The molecule has 0 fully saturated rings. The van der Waals surface area contributed by atoms with Crippen LogP contribution in [0.4, 0.5) is 0 Å². The van der Waals surface area contributed by atoms with Crippen LogP contribution in [-0.4, -0.2) is 35.7 Å². The number of esters is 1. The fourth-order valence-corrected chi connectivity index (χ4v) is 1.13. The van der Waals surface area contributed by atoms with Crippen molar-refractivity contribution in [2.45, 2.75) is 37.8 Å². The Morgan fingerprint density at radius 2 is 1.94 bits per heavy atom. The van der Waals surface area contributed by atoms with Gasteiger partial charge in [0, 0.05) is 6.42 Å². The molecular formula is C11H20N2O4+2. The summed E-state index contributed by atoms with van der Waals surface area (Å²) in [5.41, 5.74) is 7.06. The van der Waals surface area contributed by atoms with Crippen LogP contribution in [0.25, 0.3) is 0 Å². The summed E-state index contributed by atoms with van der Waals surface area (Å²) in [5.74, 6) is 1.02. The molecule has 7 N–H and O–H groups in total. The molecule has 0 radical (unpaired) electrons. The first-order valence-electron chi connectivity index (χ1n) is 5.48. The highest BCUT2D eigenvalue weighted by Gasteiger charge is 2.18. The smallest absolute Gasteiger partial charge is 0.365 e. The second-order valence-electron chi connectivity index (χ2n) is 3.80. The third kappa shape index (κ3) is 7.33. The first-order chi connectivity index (χ1) is 7.99. The number of carbonyl (C=O) groups excluding carboxylic acids is 1. The second kappa shape index (κ2) is 8.56. The molecule has 0 saturated heterocycles. The summed E-state index contributed by atoms with van der Waals surface area (Å²) in [4.78, 5) is 21.7. The lowest BCUT2D eigenvalue weighted by atomic mass is 10.1. The first-order valence-corrected chi connectivity index (χ1v) is 5.48. The standard InChI is InChI=1S/C11H18N2O4/c1-2-5-9(13)11(16)17-7-4-3-6-8(12)10(14)15/h1,8-9H,3-7,12-13H2,(H,14,15)/p+2/t8-,9-/m0/s1. The van der Waals surface area contributed by atoms with Crippen molar-refractivity contribution >= 4 is 11.9 Å². The van der Waals surface area contributed by atoms with E-state index in [1.54, 1.807) is 0 Å². The van der Waals surface area contributed by atoms with Crippen molar-refractivity contribution in [2.24, 2.45) is 0 Å². The Balaban J connectivity index is 3.55. The van der Waals surface area contributed by atoms with Crippen LogP contribution in [0, 0.1) is 12.3 Å². The largest absolute Gasteiger partial charge is 0.477 e. The Labute approximate surface area is 100 Å². The summed E-state index contributed by atoms with van der Waals surface area (Å²) in [5, 5.41) is 8.58. The Morgan fingerprint density at radius 3 is 2.47 bits per heavy atom. The fraction of sp³-hybridized carbons (Fsp3) is 0.636. The maximum atomic E-state index is 11.3. The molecule has 17 heavy (non-hydrogen) atoms. The summed E-state index contributed by atoms with van der Waals surface area (Å²) in [6.45, 7) is 0.266. The number of quaternary nitrogens is 2. The van der Waals surface area contributed by atoms with E-state index in [1.807, 2.05) is 0 Å². The van der Waals surface area contributed by atoms with Crippen molar-refractivity contribution in [3.63, 3.8) is 0 Å². The zero-order valence-electron chi connectivity index (χ0n) is 9.85. The van der Waals surface area contributed by atoms with Crippen LogP contribution in [0.5, 0.6) is 0 Å². The number of carbonyl (C=O) groups is 2. The van der Waals surface area contributed by atoms with E-state index in [4.69, 9.17) is 16.3 Å². The number of terminal acetylenes is 1. The first kappa shape index (κ1) is 15.4. The minimum absolute atomic E-state index is 0.263. The van der Waals surface area contributed by atoms with Gasteiger partial charge in [-0.2, -0.15) is 0 Å². The molecule has 6 heteroatoms. The molecular weight excluding hydrogens is 224 g/mol.